The van der Waals surface area contributed by atoms with E-state index in [0.29, 0.717) is 60.6 Å². The zero-order valence-electron chi connectivity index (χ0n) is 22.1. The van der Waals surface area contributed by atoms with Crippen LogP contribution >= 0.6 is 0 Å². The number of hydrogen-bond donors (Lipinski definition) is 0. The van der Waals surface area contributed by atoms with Crippen molar-refractivity contribution in [2.75, 3.05) is 49.7 Å². The van der Waals surface area contributed by atoms with Crippen molar-refractivity contribution < 1.29 is 17.9 Å². The molecule has 4 aromatic rings. The van der Waals surface area contributed by atoms with Gasteiger partial charge in [-0.05, 0) is 31.5 Å². The minimum absolute atomic E-state index is 0.0364. The largest absolute Gasteiger partial charge is 0.495 e. The highest BCUT2D eigenvalue weighted by Gasteiger charge is 2.33. The molecule has 1 amide bonds. The number of fused-ring (bicyclic) bond motifs is 1. The lowest BCUT2D eigenvalue weighted by molar-refractivity contribution is 0.0748. The van der Waals surface area contributed by atoms with Gasteiger partial charge >= 0.3 is 0 Å². The van der Waals surface area contributed by atoms with E-state index in [1.165, 1.54) is 0 Å². The third-order valence-electron chi connectivity index (χ3n) is 7.68. The number of ether oxygens (including phenoxy) is 1. The van der Waals surface area contributed by atoms with Crippen LogP contribution in [0.4, 0.5) is 5.69 Å². The number of amides is 1. The van der Waals surface area contributed by atoms with Crippen molar-refractivity contribution in [2.45, 2.75) is 19.4 Å². The second kappa shape index (κ2) is 10.00. The van der Waals surface area contributed by atoms with Gasteiger partial charge in [-0.3, -0.25) is 4.79 Å². The number of sulfone groups is 1. The van der Waals surface area contributed by atoms with Crippen LogP contribution in [0, 0.1) is 6.92 Å². The Balaban J connectivity index is 1.37. The number of methoxy groups -OCH3 is 1. The molecule has 1 atom stereocenters. The number of para-hydroxylation sites is 2. The van der Waals surface area contributed by atoms with Gasteiger partial charge in [0.05, 0.1) is 52.7 Å². The molecule has 2 fully saturated rings. The number of aromatic nitrogens is 3. The molecular formula is C29H31N5O4S. The zero-order valence-corrected chi connectivity index (χ0v) is 22.9. The summed E-state index contributed by atoms with van der Waals surface area (Å²) in [5, 5.41) is 5.42. The Morgan fingerprint density at radius 1 is 1.00 bits per heavy atom. The lowest BCUT2D eigenvalue weighted by Crippen LogP contribution is -2.49. The molecule has 6 rings (SSSR count). The number of carbonyl (C=O) groups excluding carboxylic acids is 1. The summed E-state index contributed by atoms with van der Waals surface area (Å²) in [6.07, 6.45) is 0.490. The molecule has 2 saturated heterocycles. The first kappa shape index (κ1) is 25.4. The summed E-state index contributed by atoms with van der Waals surface area (Å²) in [6.45, 7) is 4.36. The van der Waals surface area contributed by atoms with Gasteiger partial charge in [-0.1, -0.05) is 42.5 Å². The number of nitrogens with zero attached hydrogens (tertiary/aromatic N) is 5. The topological polar surface area (TPSA) is 97.6 Å². The standard InChI is InChI=1S/C29H31N5O4S/c1-20-27-23(29(35)33-15-13-32(14-16-33)25-10-6-7-11-26(25)38-2)18-24(21-8-4-3-5-9-21)30-28(27)34(31-20)22-12-17-39(36,37)19-22/h3-11,18,22H,12-17,19H2,1-2H3. The number of aryl methyl sites for hydroxylation is 1. The Morgan fingerprint density at radius 2 is 1.72 bits per heavy atom. The summed E-state index contributed by atoms with van der Waals surface area (Å²) in [4.78, 5) is 23.1. The van der Waals surface area contributed by atoms with Crippen LogP contribution in [-0.2, 0) is 9.84 Å². The average molecular weight is 546 g/mol. The van der Waals surface area contributed by atoms with Gasteiger partial charge < -0.3 is 14.5 Å². The molecule has 2 aliphatic rings. The van der Waals surface area contributed by atoms with Crippen molar-refractivity contribution in [2.24, 2.45) is 0 Å². The Hall–Kier alpha value is -3.92. The van der Waals surface area contributed by atoms with E-state index >= 15 is 0 Å². The minimum Gasteiger partial charge on any atom is -0.495 e. The van der Waals surface area contributed by atoms with Crippen LogP contribution < -0.4 is 9.64 Å². The molecule has 2 aromatic carbocycles. The fraction of sp³-hybridized carbons (Fsp3) is 0.345. The highest BCUT2D eigenvalue weighted by atomic mass is 32.2. The Labute approximate surface area is 227 Å². The maximum Gasteiger partial charge on any atom is 0.254 e. The van der Waals surface area contributed by atoms with Crippen LogP contribution in [0.3, 0.4) is 0 Å². The van der Waals surface area contributed by atoms with Crippen LogP contribution in [0.1, 0.15) is 28.5 Å². The number of hydrogen-bond acceptors (Lipinski definition) is 7. The van der Waals surface area contributed by atoms with E-state index in [9.17, 15) is 13.2 Å². The summed E-state index contributed by atoms with van der Waals surface area (Å²) in [7, 11) is -1.45. The van der Waals surface area contributed by atoms with Crippen molar-refractivity contribution in [3.05, 3.63) is 71.9 Å². The van der Waals surface area contributed by atoms with Gasteiger partial charge in [-0.25, -0.2) is 18.1 Å². The lowest BCUT2D eigenvalue weighted by Gasteiger charge is -2.36. The summed E-state index contributed by atoms with van der Waals surface area (Å²) in [6, 6.07) is 19.2. The molecule has 0 saturated carbocycles. The van der Waals surface area contributed by atoms with Crippen molar-refractivity contribution in [1.29, 1.82) is 0 Å². The first-order chi connectivity index (χ1) is 18.8. The summed E-state index contributed by atoms with van der Waals surface area (Å²) < 4.78 is 31.8. The molecule has 202 valence electrons. The second-order valence-corrected chi connectivity index (χ2v) is 12.4. The van der Waals surface area contributed by atoms with E-state index in [1.807, 2.05) is 72.5 Å². The summed E-state index contributed by atoms with van der Waals surface area (Å²) in [5.74, 6) is 0.923. The molecule has 2 aromatic heterocycles. The van der Waals surface area contributed by atoms with E-state index in [4.69, 9.17) is 14.8 Å². The molecule has 9 nitrogen and oxygen atoms in total. The third kappa shape index (κ3) is 4.73. The van der Waals surface area contributed by atoms with E-state index < -0.39 is 9.84 Å². The fourth-order valence-electron chi connectivity index (χ4n) is 5.67. The van der Waals surface area contributed by atoms with Crippen LogP contribution in [0.15, 0.2) is 60.7 Å². The molecular weight excluding hydrogens is 514 g/mol. The van der Waals surface area contributed by atoms with E-state index in [2.05, 4.69) is 4.90 Å². The van der Waals surface area contributed by atoms with Gasteiger partial charge in [0.2, 0.25) is 0 Å². The maximum atomic E-state index is 14.1. The van der Waals surface area contributed by atoms with Crippen molar-refractivity contribution >= 4 is 32.5 Å². The minimum atomic E-state index is -3.12. The Morgan fingerprint density at radius 3 is 2.41 bits per heavy atom. The first-order valence-corrected chi connectivity index (χ1v) is 15.0. The number of pyridine rings is 1. The monoisotopic (exact) mass is 545 g/mol. The van der Waals surface area contributed by atoms with Crippen molar-refractivity contribution in [3.8, 4) is 17.0 Å². The Bertz CT molecular complexity index is 1640. The predicted octanol–water partition coefficient (Wildman–Crippen LogP) is 3.74. The van der Waals surface area contributed by atoms with Gasteiger partial charge in [0.25, 0.3) is 5.91 Å². The lowest BCUT2D eigenvalue weighted by atomic mass is 10.0. The number of piperazine rings is 1. The fourth-order valence-corrected chi connectivity index (χ4v) is 7.37. The molecule has 0 spiro atoms. The quantitative estimate of drug-likeness (QED) is 0.377. The van der Waals surface area contributed by atoms with Gasteiger partial charge in [0.1, 0.15) is 5.75 Å². The number of benzene rings is 2. The van der Waals surface area contributed by atoms with Crippen LogP contribution in [0.25, 0.3) is 22.3 Å². The molecule has 39 heavy (non-hydrogen) atoms. The average Bonchev–Trinajstić information content (AvgIpc) is 3.51. The molecule has 10 heteroatoms. The van der Waals surface area contributed by atoms with E-state index in [1.54, 1.807) is 11.8 Å². The molecule has 2 aliphatic heterocycles. The second-order valence-electron chi connectivity index (χ2n) is 10.2. The molecule has 0 aliphatic carbocycles. The number of rotatable bonds is 5. The van der Waals surface area contributed by atoms with Crippen molar-refractivity contribution in [3.63, 3.8) is 0 Å². The summed E-state index contributed by atoms with van der Waals surface area (Å²) in [5.41, 5.74) is 4.37. The predicted molar refractivity (Wildman–Crippen MR) is 151 cm³/mol. The van der Waals surface area contributed by atoms with Gasteiger partial charge in [-0.15, -0.1) is 0 Å². The number of carbonyl (C=O) groups is 1. The van der Waals surface area contributed by atoms with E-state index in [0.717, 1.165) is 17.0 Å². The van der Waals surface area contributed by atoms with Crippen molar-refractivity contribution in [1.82, 2.24) is 19.7 Å². The molecule has 0 bridgehead atoms. The van der Waals surface area contributed by atoms with Crippen LogP contribution in [-0.4, -0.2) is 78.8 Å². The molecule has 0 N–H and O–H groups in total. The Kier molecular flexibility index (Phi) is 6.50. The first-order valence-electron chi connectivity index (χ1n) is 13.2. The SMILES string of the molecule is COc1ccccc1N1CCN(C(=O)c2cc(-c3ccccc3)nc3c2c(C)nn3C2CCS(=O)(=O)C2)CC1. The molecule has 0 radical (unpaired) electrons. The zero-order chi connectivity index (χ0) is 27.1. The van der Waals surface area contributed by atoms with Gasteiger partial charge in [-0.2, -0.15) is 5.10 Å². The van der Waals surface area contributed by atoms with Gasteiger partial charge in [0.15, 0.2) is 15.5 Å². The highest BCUT2D eigenvalue weighted by Crippen LogP contribution is 2.33. The van der Waals surface area contributed by atoms with Crippen LogP contribution in [0.2, 0.25) is 0 Å². The van der Waals surface area contributed by atoms with Gasteiger partial charge in [0, 0.05) is 31.7 Å². The maximum absolute atomic E-state index is 14.1. The molecule has 4 heterocycles. The van der Waals surface area contributed by atoms with E-state index in [-0.39, 0.29) is 23.5 Å². The molecule has 1 unspecified atom stereocenters. The van der Waals surface area contributed by atoms with Crippen LogP contribution in [0.5, 0.6) is 5.75 Å². The highest BCUT2D eigenvalue weighted by molar-refractivity contribution is 7.91. The summed E-state index contributed by atoms with van der Waals surface area (Å²) >= 11 is 0. The number of anilines is 1. The third-order valence-corrected chi connectivity index (χ3v) is 9.43. The normalized spacial score (nSPS) is 19.0. The smallest absolute Gasteiger partial charge is 0.254 e.